The molecule has 0 bridgehead atoms. The number of benzene rings is 1. The van der Waals surface area contributed by atoms with Crippen molar-refractivity contribution in [1.82, 2.24) is 4.98 Å². The van der Waals surface area contributed by atoms with Gasteiger partial charge < -0.3 is 10.4 Å². The highest BCUT2D eigenvalue weighted by atomic mass is 32.2. The van der Waals surface area contributed by atoms with Gasteiger partial charge in [0.05, 0.1) is 21.7 Å². The first kappa shape index (κ1) is 21.2. The number of thioether (sulfide) groups is 1. The Labute approximate surface area is 162 Å². The highest BCUT2D eigenvalue weighted by molar-refractivity contribution is 8.01. The molecule has 1 amide bonds. The van der Waals surface area contributed by atoms with E-state index in [-0.39, 0.29) is 18.1 Å². The number of nitrogens with one attached hydrogen (secondary N) is 1. The van der Waals surface area contributed by atoms with Crippen molar-refractivity contribution in [3.63, 3.8) is 0 Å². The monoisotopic (exact) mass is 418 g/mol. The fourth-order valence-corrected chi connectivity index (χ4v) is 3.78. The van der Waals surface area contributed by atoms with Gasteiger partial charge >= 0.3 is 12.1 Å². The van der Waals surface area contributed by atoms with Crippen molar-refractivity contribution in [2.24, 2.45) is 0 Å². The van der Waals surface area contributed by atoms with Crippen molar-refractivity contribution >= 4 is 40.1 Å². The maximum absolute atomic E-state index is 12.5. The number of thiazole rings is 1. The predicted octanol–water partition coefficient (Wildman–Crippen LogP) is 4.69. The van der Waals surface area contributed by atoms with Gasteiger partial charge in [-0.2, -0.15) is 13.2 Å². The van der Waals surface area contributed by atoms with E-state index in [1.807, 2.05) is 0 Å². The average molecular weight is 418 g/mol. The molecular formula is C17H17F3N2O3S2. The molecule has 5 nitrogen and oxygen atoms in total. The lowest BCUT2D eigenvalue weighted by atomic mass is 10.0. The topological polar surface area (TPSA) is 79.3 Å². The van der Waals surface area contributed by atoms with E-state index >= 15 is 0 Å². The number of carboxylic acid groups (broad SMARTS) is 1. The van der Waals surface area contributed by atoms with Gasteiger partial charge in [-0.3, -0.25) is 9.59 Å². The minimum atomic E-state index is -4.33. The van der Waals surface area contributed by atoms with E-state index in [4.69, 9.17) is 5.11 Å². The standard InChI is InChI=1S/C17H17F3N2O3S2/c18-17(19,20)12-7-5-11(6-8-12)3-1-2-4-13(23)22-16-21-9-15(27-16)26-10-14(24)25/h5-9H,1-4,10H2,(H,24,25)(H,21,22,23). The summed E-state index contributed by atoms with van der Waals surface area (Å²) in [6, 6.07) is 5.03. The maximum Gasteiger partial charge on any atom is 0.416 e. The number of anilines is 1. The van der Waals surface area contributed by atoms with Crippen molar-refractivity contribution in [3.8, 4) is 0 Å². The fourth-order valence-electron chi connectivity index (χ4n) is 2.17. The number of carbonyl (C=O) groups excluding carboxylic acids is 1. The Kier molecular flexibility index (Phi) is 7.66. The summed E-state index contributed by atoms with van der Waals surface area (Å²) in [7, 11) is 0. The summed E-state index contributed by atoms with van der Waals surface area (Å²) < 4.78 is 38.2. The molecule has 2 rings (SSSR count). The summed E-state index contributed by atoms with van der Waals surface area (Å²) in [5.41, 5.74) is 0.124. The Balaban J connectivity index is 1.68. The van der Waals surface area contributed by atoms with Crippen LogP contribution in [0.2, 0.25) is 0 Å². The van der Waals surface area contributed by atoms with E-state index in [0.29, 0.717) is 28.6 Å². The van der Waals surface area contributed by atoms with Crippen molar-refractivity contribution in [3.05, 3.63) is 41.6 Å². The van der Waals surface area contributed by atoms with Crippen LogP contribution in [0.15, 0.2) is 34.7 Å². The Morgan fingerprint density at radius 3 is 2.52 bits per heavy atom. The van der Waals surface area contributed by atoms with Gasteiger partial charge in [-0.1, -0.05) is 23.5 Å². The van der Waals surface area contributed by atoms with Crippen LogP contribution in [0.3, 0.4) is 0 Å². The lowest BCUT2D eigenvalue weighted by molar-refractivity contribution is -0.137. The van der Waals surface area contributed by atoms with Gasteiger partial charge in [-0.25, -0.2) is 4.98 Å². The number of rotatable bonds is 9. The van der Waals surface area contributed by atoms with Crippen LogP contribution in [-0.4, -0.2) is 27.7 Å². The summed E-state index contributed by atoms with van der Waals surface area (Å²) >= 11 is 2.34. The summed E-state index contributed by atoms with van der Waals surface area (Å²) in [5.74, 6) is -1.20. The number of hydrogen-bond donors (Lipinski definition) is 2. The van der Waals surface area contributed by atoms with E-state index in [0.717, 1.165) is 29.5 Å². The SMILES string of the molecule is O=C(O)CSc1cnc(NC(=O)CCCCc2ccc(C(F)(F)F)cc2)s1. The van der Waals surface area contributed by atoms with E-state index < -0.39 is 17.7 Å². The number of carboxylic acids is 1. The van der Waals surface area contributed by atoms with Crippen molar-refractivity contribution in [1.29, 1.82) is 0 Å². The van der Waals surface area contributed by atoms with Gasteiger partial charge in [0.2, 0.25) is 5.91 Å². The average Bonchev–Trinajstić information content (AvgIpc) is 3.04. The number of amides is 1. The zero-order valence-corrected chi connectivity index (χ0v) is 15.7. The van der Waals surface area contributed by atoms with Gasteiger partial charge in [-0.15, -0.1) is 11.8 Å². The third-order valence-corrected chi connectivity index (χ3v) is 5.56. The molecule has 0 saturated carbocycles. The van der Waals surface area contributed by atoms with Crippen molar-refractivity contribution in [2.45, 2.75) is 36.1 Å². The zero-order valence-electron chi connectivity index (χ0n) is 14.1. The number of aromatic nitrogens is 1. The molecule has 0 spiro atoms. The molecule has 1 aromatic heterocycles. The third-order valence-electron chi connectivity index (χ3n) is 3.47. The molecule has 27 heavy (non-hydrogen) atoms. The molecule has 1 aromatic carbocycles. The first-order chi connectivity index (χ1) is 12.7. The predicted molar refractivity (Wildman–Crippen MR) is 98.1 cm³/mol. The van der Waals surface area contributed by atoms with Gasteiger partial charge in [0.15, 0.2) is 5.13 Å². The number of nitrogens with zero attached hydrogens (tertiary/aromatic N) is 1. The molecule has 10 heteroatoms. The van der Waals surface area contributed by atoms with Crippen LogP contribution < -0.4 is 5.32 Å². The Bertz CT molecular complexity index is 776. The molecule has 0 aliphatic carbocycles. The molecule has 0 fully saturated rings. The van der Waals surface area contributed by atoms with Crippen molar-refractivity contribution < 1.29 is 27.9 Å². The Morgan fingerprint density at radius 1 is 1.19 bits per heavy atom. The van der Waals surface area contributed by atoms with Gasteiger partial charge in [0.25, 0.3) is 0 Å². The van der Waals surface area contributed by atoms with E-state index in [1.165, 1.54) is 29.7 Å². The molecule has 0 atom stereocenters. The van der Waals surface area contributed by atoms with Crippen LogP contribution in [0, 0.1) is 0 Å². The second-order valence-corrected chi connectivity index (χ2v) is 7.92. The Hall–Kier alpha value is -2.07. The fraction of sp³-hybridized carbons (Fsp3) is 0.353. The number of aliphatic carboxylic acids is 1. The van der Waals surface area contributed by atoms with E-state index in [9.17, 15) is 22.8 Å². The lowest BCUT2D eigenvalue weighted by Gasteiger charge is -2.07. The van der Waals surface area contributed by atoms with Gasteiger partial charge in [0, 0.05) is 6.42 Å². The molecule has 0 aliphatic heterocycles. The number of hydrogen-bond acceptors (Lipinski definition) is 5. The molecular weight excluding hydrogens is 401 g/mol. The highest BCUT2D eigenvalue weighted by Crippen LogP contribution is 2.29. The molecule has 0 saturated heterocycles. The van der Waals surface area contributed by atoms with Crippen LogP contribution in [-0.2, 0) is 22.2 Å². The van der Waals surface area contributed by atoms with Crippen molar-refractivity contribution in [2.75, 3.05) is 11.1 Å². The minimum Gasteiger partial charge on any atom is -0.481 e. The molecule has 2 N–H and O–H groups in total. The molecule has 2 aromatic rings. The van der Waals surface area contributed by atoms with Crippen LogP contribution >= 0.6 is 23.1 Å². The van der Waals surface area contributed by atoms with Gasteiger partial charge in [-0.05, 0) is 37.0 Å². The molecule has 1 heterocycles. The van der Waals surface area contributed by atoms with Crippen LogP contribution in [0.4, 0.5) is 18.3 Å². The zero-order chi connectivity index (χ0) is 19.9. The summed E-state index contributed by atoms with van der Waals surface area (Å²) in [6.45, 7) is 0. The first-order valence-electron chi connectivity index (χ1n) is 8.00. The van der Waals surface area contributed by atoms with E-state index in [2.05, 4.69) is 10.3 Å². The van der Waals surface area contributed by atoms with Crippen LogP contribution in [0.5, 0.6) is 0 Å². The molecule has 146 valence electrons. The third kappa shape index (κ3) is 7.59. The molecule has 0 aliphatic rings. The minimum absolute atomic E-state index is 0.0699. The second kappa shape index (κ2) is 9.75. The maximum atomic E-state index is 12.5. The Morgan fingerprint density at radius 2 is 1.89 bits per heavy atom. The summed E-state index contributed by atoms with van der Waals surface area (Å²) in [6.07, 6.45) is -0.678. The number of unbranched alkanes of at least 4 members (excludes halogenated alkanes) is 1. The normalized spacial score (nSPS) is 11.4. The molecule has 0 unspecified atom stereocenters. The van der Waals surface area contributed by atoms with Crippen LogP contribution in [0.25, 0.3) is 0 Å². The van der Waals surface area contributed by atoms with E-state index in [1.54, 1.807) is 0 Å². The highest BCUT2D eigenvalue weighted by Gasteiger charge is 2.29. The smallest absolute Gasteiger partial charge is 0.416 e. The first-order valence-corrected chi connectivity index (χ1v) is 9.80. The quantitative estimate of drug-likeness (QED) is 0.456. The number of carbonyl (C=O) groups is 2. The summed E-state index contributed by atoms with van der Waals surface area (Å²) in [5, 5.41) is 11.7. The number of alkyl halides is 3. The largest absolute Gasteiger partial charge is 0.481 e. The lowest BCUT2D eigenvalue weighted by Crippen LogP contribution is -2.10. The van der Waals surface area contributed by atoms with Gasteiger partial charge in [0.1, 0.15) is 0 Å². The number of halogens is 3. The molecule has 0 radical (unpaired) electrons. The summed E-state index contributed by atoms with van der Waals surface area (Å²) in [4.78, 5) is 26.4. The number of aryl methyl sites for hydroxylation is 1. The second-order valence-electron chi connectivity index (χ2n) is 5.62. The van der Waals surface area contributed by atoms with Crippen LogP contribution in [0.1, 0.15) is 30.4 Å².